The second-order valence-corrected chi connectivity index (χ2v) is 6.74. The minimum Gasteiger partial charge on any atom is -0.369 e. The molecule has 0 bridgehead atoms. The van der Waals surface area contributed by atoms with Crippen molar-refractivity contribution in [2.75, 3.05) is 32.7 Å². The Labute approximate surface area is 138 Å². The van der Waals surface area contributed by atoms with E-state index in [0.29, 0.717) is 5.69 Å². The summed E-state index contributed by atoms with van der Waals surface area (Å²) in [5.41, 5.74) is 2.62. The number of aromatic amines is 1. The van der Waals surface area contributed by atoms with Crippen molar-refractivity contribution in [2.24, 2.45) is 0 Å². The molecule has 0 spiro atoms. The maximum Gasteiger partial charge on any atom is 0.274 e. The first-order chi connectivity index (χ1) is 11.1. The van der Waals surface area contributed by atoms with Crippen molar-refractivity contribution < 1.29 is 9.53 Å². The molecular weight excluding hydrogens is 292 g/mol. The highest BCUT2D eigenvalue weighted by Gasteiger charge is 2.31. The first-order valence-electron chi connectivity index (χ1n) is 8.84. The highest BCUT2D eigenvalue weighted by Crippen LogP contribution is 2.30. The van der Waals surface area contributed by atoms with E-state index in [1.54, 1.807) is 0 Å². The Balaban J connectivity index is 1.74. The van der Waals surface area contributed by atoms with E-state index in [-0.39, 0.29) is 18.1 Å². The van der Waals surface area contributed by atoms with Crippen LogP contribution in [0.15, 0.2) is 0 Å². The lowest BCUT2D eigenvalue weighted by Gasteiger charge is -2.26. The Hall–Kier alpha value is -1.40. The molecule has 0 radical (unpaired) electrons. The molecule has 1 saturated heterocycles. The van der Waals surface area contributed by atoms with E-state index in [9.17, 15) is 4.79 Å². The number of aromatic nitrogens is 2. The van der Waals surface area contributed by atoms with Gasteiger partial charge >= 0.3 is 0 Å². The van der Waals surface area contributed by atoms with Gasteiger partial charge in [0.2, 0.25) is 0 Å². The zero-order valence-corrected chi connectivity index (χ0v) is 14.5. The van der Waals surface area contributed by atoms with Crippen LogP contribution in [0.1, 0.15) is 61.5 Å². The van der Waals surface area contributed by atoms with Gasteiger partial charge in [-0.3, -0.25) is 9.89 Å². The van der Waals surface area contributed by atoms with E-state index in [0.717, 1.165) is 63.2 Å². The van der Waals surface area contributed by atoms with Gasteiger partial charge in [-0.1, -0.05) is 6.92 Å². The second kappa shape index (κ2) is 7.01. The molecule has 0 saturated carbocycles. The fraction of sp³-hybridized carbons (Fsp3) is 0.765. The van der Waals surface area contributed by atoms with Crippen molar-refractivity contribution in [1.82, 2.24) is 20.0 Å². The molecule has 6 heteroatoms. The van der Waals surface area contributed by atoms with E-state index >= 15 is 0 Å². The Morgan fingerprint density at radius 3 is 2.91 bits per heavy atom. The van der Waals surface area contributed by atoms with E-state index < -0.39 is 0 Å². The average Bonchev–Trinajstić information content (AvgIpc) is 2.79. The van der Waals surface area contributed by atoms with Gasteiger partial charge in [0.25, 0.3) is 5.91 Å². The molecule has 0 aromatic carbocycles. The smallest absolute Gasteiger partial charge is 0.274 e. The molecule has 0 aliphatic carbocycles. The predicted octanol–water partition coefficient (Wildman–Crippen LogP) is 1.99. The molecule has 23 heavy (non-hydrogen) atoms. The topological polar surface area (TPSA) is 61.5 Å². The van der Waals surface area contributed by atoms with Crippen molar-refractivity contribution >= 4 is 5.91 Å². The molecular formula is C17H28N4O2. The average molecular weight is 320 g/mol. The lowest BCUT2D eigenvalue weighted by Crippen LogP contribution is -2.36. The molecule has 128 valence electrons. The van der Waals surface area contributed by atoms with Gasteiger partial charge in [-0.2, -0.15) is 5.10 Å². The fourth-order valence-corrected chi connectivity index (χ4v) is 3.71. The van der Waals surface area contributed by atoms with Gasteiger partial charge in [-0.05, 0) is 39.8 Å². The zero-order chi connectivity index (χ0) is 16.4. The minimum absolute atomic E-state index is 0.0213. The number of rotatable bonds is 3. The number of carbonyl (C=O) groups excluding carboxylic acids is 1. The van der Waals surface area contributed by atoms with Gasteiger partial charge in [0, 0.05) is 31.6 Å². The summed E-state index contributed by atoms with van der Waals surface area (Å²) in [5, 5.41) is 7.36. The molecule has 2 aliphatic rings. The summed E-state index contributed by atoms with van der Waals surface area (Å²) < 4.78 is 5.81. The summed E-state index contributed by atoms with van der Waals surface area (Å²) in [6.07, 6.45) is 3.07. The Morgan fingerprint density at radius 2 is 2.13 bits per heavy atom. The van der Waals surface area contributed by atoms with Gasteiger partial charge in [-0.25, -0.2) is 0 Å². The standard InChI is InChI=1S/C17H28N4O2/c1-4-6-20-7-5-8-21(10-9-20)17(22)16-14-11-12(2)23-13(3)15(14)18-19-16/h12-13H,4-11H2,1-3H3,(H,18,19)/t12-,13+/m0/s1. The number of ether oxygens (including phenoxy) is 1. The number of amides is 1. The van der Waals surface area contributed by atoms with Crippen LogP contribution in [-0.2, 0) is 11.2 Å². The molecule has 1 fully saturated rings. The summed E-state index contributed by atoms with van der Waals surface area (Å²) in [5.74, 6) is 0.0714. The number of nitrogens with one attached hydrogen (secondary N) is 1. The molecule has 1 N–H and O–H groups in total. The molecule has 2 atom stereocenters. The minimum atomic E-state index is -0.0213. The summed E-state index contributed by atoms with van der Waals surface area (Å²) in [4.78, 5) is 17.4. The van der Waals surface area contributed by atoms with Gasteiger partial charge in [0.05, 0.1) is 17.9 Å². The van der Waals surface area contributed by atoms with Gasteiger partial charge in [0.15, 0.2) is 5.69 Å². The molecule has 6 nitrogen and oxygen atoms in total. The maximum atomic E-state index is 12.9. The number of carbonyl (C=O) groups is 1. The molecule has 3 heterocycles. The summed E-state index contributed by atoms with van der Waals surface area (Å²) in [6, 6.07) is 0. The highest BCUT2D eigenvalue weighted by molar-refractivity contribution is 5.94. The summed E-state index contributed by atoms with van der Waals surface area (Å²) >= 11 is 0. The number of hydrogen-bond acceptors (Lipinski definition) is 4. The van der Waals surface area contributed by atoms with Crippen LogP contribution in [0.2, 0.25) is 0 Å². The van der Waals surface area contributed by atoms with Gasteiger partial charge < -0.3 is 14.5 Å². The van der Waals surface area contributed by atoms with Crippen LogP contribution >= 0.6 is 0 Å². The molecule has 0 unspecified atom stereocenters. The van der Waals surface area contributed by atoms with Crippen molar-refractivity contribution in [3.63, 3.8) is 0 Å². The van der Waals surface area contributed by atoms with Crippen molar-refractivity contribution in [1.29, 1.82) is 0 Å². The molecule has 2 aliphatic heterocycles. The van der Waals surface area contributed by atoms with E-state index in [2.05, 4.69) is 28.9 Å². The third kappa shape index (κ3) is 3.43. The normalized spacial score (nSPS) is 26.0. The van der Waals surface area contributed by atoms with Crippen LogP contribution in [0, 0.1) is 0 Å². The van der Waals surface area contributed by atoms with E-state index in [1.165, 1.54) is 0 Å². The lowest BCUT2D eigenvalue weighted by molar-refractivity contribution is -0.00701. The Kier molecular flexibility index (Phi) is 5.02. The highest BCUT2D eigenvalue weighted by atomic mass is 16.5. The fourth-order valence-electron chi connectivity index (χ4n) is 3.71. The third-order valence-corrected chi connectivity index (χ3v) is 4.85. The van der Waals surface area contributed by atoms with Crippen LogP contribution in [0.5, 0.6) is 0 Å². The van der Waals surface area contributed by atoms with E-state index in [4.69, 9.17) is 4.74 Å². The second-order valence-electron chi connectivity index (χ2n) is 6.74. The molecule has 1 amide bonds. The van der Waals surface area contributed by atoms with Crippen LogP contribution in [-0.4, -0.2) is 64.7 Å². The maximum absolute atomic E-state index is 12.9. The first-order valence-corrected chi connectivity index (χ1v) is 8.84. The Bertz CT molecular complexity index is 557. The molecule has 1 aromatic rings. The lowest BCUT2D eigenvalue weighted by atomic mass is 9.99. The van der Waals surface area contributed by atoms with Crippen LogP contribution in [0.3, 0.4) is 0 Å². The van der Waals surface area contributed by atoms with Crippen molar-refractivity contribution in [2.45, 2.75) is 52.2 Å². The molecule has 3 rings (SSSR count). The number of fused-ring (bicyclic) bond motifs is 1. The summed E-state index contributed by atoms with van der Waals surface area (Å²) in [6.45, 7) is 11.0. The van der Waals surface area contributed by atoms with E-state index in [1.807, 2.05) is 11.8 Å². The number of hydrogen-bond donors (Lipinski definition) is 1. The summed E-state index contributed by atoms with van der Waals surface area (Å²) in [7, 11) is 0. The zero-order valence-electron chi connectivity index (χ0n) is 14.5. The van der Waals surface area contributed by atoms with Crippen LogP contribution < -0.4 is 0 Å². The third-order valence-electron chi connectivity index (χ3n) is 4.85. The number of H-pyrrole nitrogens is 1. The van der Waals surface area contributed by atoms with Gasteiger partial charge in [0.1, 0.15) is 0 Å². The monoisotopic (exact) mass is 320 g/mol. The van der Waals surface area contributed by atoms with Crippen LogP contribution in [0.4, 0.5) is 0 Å². The predicted molar refractivity (Wildman–Crippen MR) is 88.5 cm³/mol. The van der Waals surface area contributed by atoms with Crippen molar-refractivity contribution in [3.8, 4) is 0 Å². The Morgan fingerprint density at radius 1 is 1.30 bits per heavy atom. The quantitative estimate of drug-likeness (QED) is 0.925. The molecule has 1 aromatic heterocycles. The first kappa shape index (κ1) is 16.5. The number of nitrogens with zero attached hydrogens (tertiary/aromatic N) is 3. The van der Waals surface area contributed by atoms with Crippen molar-refractivity contribution in [3.05, 3.63) is 17.0 Å². The van der Waals surface area contributed by atoms with Crippen LogP contribution in [0.25, 0.3) is 0 Å². The largest absolute Gasteiger partial charge is 0.369 e. The van der Waals surface area contributed by atoms with Gasteiger partial charge in [-0.15, -0.1) is 0 Å². The SMILES string of the molecule is CCCN1CCCN(C(=O)c2n[nH]c3c2C[C@H](C)O[C@@H]3C)CC1.